The highest BCUT2D eigenvalue weighted by molar-refractivity contribution is 9.10. The number of hydrogen-bond acceptors (Lipinski definition) is 1. The minimum Gasteiger partial charge on any atom is -0.373 e. The summed E-state index contributed by atoms with van der Waals surface area (Å²) in [6.45, 7) is 2.65. The third-order valence-electron chi connectivity index (χ3n) is 2.62. The molecule has 0 spiro atoms. The van der Waals surface area contributed by atoms with E-state index in [0.29, 0.717) is 6.10 Å². The maximum absolute atomic E-state index is 5.83. The second-order valence-corrected chi connectivity index (χ2v) is 4.72. The third kappa shape index (κ3) is 3.59. The van der Waals surface area contributed by atoms with Gasteiger partial charge in [0, 0.05) is 17.6 Å². The van der Waals surface area contributed by atoms with E-state index in [0.717, 1.165) is 37.0 Å². The molecule has 1 fully saturated rings. The van der Waals surface area contributed by atoms with Gasteiger partial charge in [0.05, 0.1) is 12.7 Å². The molecule has 0 saturated carbocycles. The Hall–Kier alpha value is -0.380. The Morgan fingerprint density at radius 1 is 1.20 bits per heavy atom. The molecule has 15 heavy (non-hydrogen) atoms. The van der Waals surface area contributed by atoms with Crippen LogP contribution in [0.3, 0.4) is 0 Å². The first kappa shape index (κ1) is 11.1. The molecule has 81 valence electrons. The quantitative estimate of drug-likeness (QED) is 0.827. The summed E-state index contributed by atoms with van der Waals surface area (Å²) in [5, 5.41) is 4.31. The van der Waals surface area contributed by atoms with Gasteiger partial charge in [-0.25, -0.2) is 5.32 Å². The van der Waals surface area contributed by atoms with Gasteiger partial charge in [-0.05, 0) is 30.5 Å². The Labute approximate surface area is 99.1 Å². The van der Waals surface area contributed by atoms with Gasteiger partial charge < -0.3 is 4.74 Å². The number of rotatable bonds is 3. The first-order valence-electron chi connectivity index (χ1n) is 5.34. The van der Waals surface area contributed by atoms with Crippen molar-refractivity contribution in [3.63, 3.8) is 0 Å². The molecule has 1 aliphatic heterocycles. The van der Waals surface area contributed by atoms with Crippen LogP contribution >= 0.6 is 15.9 Å². The van der Waals surface area contributed by atoms with Crippen LogP contribution in [0.15, 0.2) is 28.7 Å². The highest BCUT2D eigenvalue weighted by Crippen LogP contribution is 2.14. The van der Waals surface area contributed by atoms with Crippen LogP contribution in [0.5, 0.6) is 0 Å². The van der Waals surface area contributed by atoms with Crippen LogP contribution in [0.1, 0.15) is 18.4 Å². The standard InChI is InChI=1S/C12H15BrNO/c13-11-3-1-10(2-4-11)9-15-12-5-7-14-8-6-12/h1-4,12H,5-9H2. The number of ether oxygens (including phenoxy) is 1. The van der Waals surface area contributed by atoms with Gasteiger partial charge in [0.15, 0.2) is 0 Å². The Balaban J connectivity index is 1.79. The molecule has 1 aromatic carbocycles. The molecular weight excluding hydrogens is 254 g/mol. The zero-order valence-corrected chi connectivity index (χ0v) is 10.2. The molecule has 1 radical (unpaired) electrons. The molecular formula is C12H15BrNO. The van der Waals surface area contributed by atoms with Gasteiger partial charge in [-0.1, -0.05) is 28.1 Å². The van der Waals surface area contributed by atoms with Crippen molar-refractivity contribution < 1.29 is 4.74 Å². The average molecular weight is 269 g/mol. The smallest absolute Gasteiger partial charge is 0.0720 e. The van der Waals surface area contributed by atoms with Crippen molar-refractivity contribution in [1.29, 1.82) is 0 Å². The number of halogens is 1. The summed E-state index contributed by atoms with van der Waals surface area (Å²) in [4.78, 5) is 0. The first-order valence-corrected chi connectivity index (χ1v) is 6.13. The number of nitrogens with zero attached hydrogens (tertiary/aromatic N) is 1. The van der Waals surface area contributed by atoms with Crippen molar-refractivity contribution in [1.82, 2.24) is 5.32 Å². The Morgan fingerprint density at radius 2 is 1.87 bits per heavy atom. The molecule has 2 rings (SSSR count). The molecule has 0 unspecified atom stereocenters. The highest BCUT2D eigenvalue weighted by Gasteiger charge is 2.13. The van der Waals surface area contributed by atoms with Crippen molar-refractivity contribution in [3.8, 4) is 0 Å². The Bertz CT molecular complexity index is 293. The first-order chi connectivity index (χ1) is 7.34. The molecule has 1 aromatic rings. The molecule has 0 bridgehead atoms. The lowest BCUT2D eigenvalue weighted by atomic mass is 10.1. The molecule has 1 saturated heterocycles. The van der Waals surface area contributed by atoms with Crippen LogP contribution in [0, 0.1) is 0 Å². The number of benzene rings is 1. The van der Waals surface area contributed by atoms with Crippen molar-refractivity contribution in [2.75, 3.05) is 13.1 Å². The number of hydrogen-bond donors (Lipinski definition) is 0. The van der Waals surface area contributed by atoms with Crippen LogP contribution in [0.2, 0.25) is 0 Å². The van der Waals surface area contributed by atoms with E-state index in [1.165, 1.54) is 5.56 Å². The third-order valence-corrected chi connectivity index (χ3v) is 3.15. The monoisotopic (exact) mass is 268 g/mol. The predicted molar refractivity (Wildman–Crippen MR) is 63.8 cm³/mol. The number of piperidine rings is 1. The fourth-order valence-corrected chi connectivity index (χ4v) is 1.95. The second-order valence-electron chi connectivity index (χ2n) is 3.81. The lowest BCUT2D eigenvalue weighted by Gasteiger charge is -2.21. The summed E-state index contributed by atoms with van der Waals surface area (Å²) in [6, 6.07) is 8.29. The molecule has 0 N–H and O–H groups in total. The van der Waals surface area contributed by atoms with Gasteiger partial charge in [0.1, 0.15) is 0 Å². The van der Waals surface area contributed by atoms with Crippen molar-refractivity contribution in [2.24, 2.45) is 0 Å². The average Bonchev–Trinajstić information content (AvgIpc) is 2.30. The Kier molecular flexibility index (Phi) is 4.18. The van der Waals surface area contributed by atoms with E-state index in [-0.39, 0.29) is 0 Å². The van der Waals surface area contributed by atoms with Crippen LogP contribution < -0.4 is 5.32 Å². The van der Waals surface area contributed by atoms with Gasteiger partial charge in [0.25, 0.3) is 0 Å². The lowest BCUT2D eigenvalue weighted by molar-refractivity contribution is 0.0207. The normalized spacial score (nSPS) is 17.9. The van der Waals surface area contributed by atoms with Crippen LogP contribution in [-0.2, 0) is 11.3 Å². The molecule has 0 atom stereocenters. The second kappa shape index (κ2) is 5.64. The molecule has 1 heterocycles. The zero-order valence-electron chi connectivity index (χ0n) is 8.66. The van der Waals surface area contributed by atoms with Gasteiger partial charge >= 0.3 is 0 Å². The van der Waals surface area contributed by atoms with E-state index in [4.69, 9.17) is 4.74 Å². The van der Waals surface area contributed by atoms with Crippen LogP contribution in [0.25, 0.3) is 0 Å². The predicted octanol–water partition coefficient (Wildman–Crippen LogP) is 2.73. The largest absolute Gasteiger partial charge is 0.373 e. The zero-order chi connectivity index (χ0) is 10.5. The SMILES string of the molecule is Brc1ccc(COC2CC[N]CC2)cc1. The maximum atomic E-state index is 5.83. The van der Waals surface area contributed by atoms with Crippen LogP contribution in [-0.4, -0.2) is 19.2 Å². The van der Waals surface area contributed by atoms with E-state index in [9.17, 15) is 0 Å². The van der Waals surface area contributed by atoms with E-state index < -0.39 is 0 Å². The van der Waals surface area contributed by atoms with Gasteiger partial charge in [-0.3, -0.25) is 0 Å². The highest BCUT2D eigenvalue weighted by atomic mass is 79.9. The minimum atomic E-state index is 0.408. The van der Waals surface area contributed by atoms with Crippen molar-refractivity contribution in [3.05, 3.63) is 34.3 Å². The summed E-state index contributed by atoms with van der Waals surface area (Å²) in [6.07, 6.45) is 2.57. The topological polar surface area (TPSA) is 23.3 Å². The summed E-state index contributed by atoms with van der Waals surface area (Å²) < 4.78 is 6.95. The van der Waals surface area contributed by atoms with E-state index in [1.807, 2.05) is 0 Å². The molecule has 0 aromatic heterocycles. The maximum Gasteiger partial charge on any atom is 0.0720 e. The van der Waals surface area contributed by atoms with E-state index >= 15 is 0 Å². The summed E-state index contributed by atoms with van der Waals surface area (Å²) in [5.74, 6) is 0. The lowest BCUT2D eigenvalue weighted by Crippen LogP contribution is -2.28. The van der Waals surface area contributed by atoms with Gasteiger partial charge in [-0.15, -0.1) is 0 Å². The summed E-state index contributed by atoms with van der Waals surface area (Å²) >= 11 is 3.42. The molecule has 1 aliphatic rings. The van der Waals surface area contributed by atoms with Gasteiger partial charge in [0.2, 0.25) is 0 Å². The summed E-state index contributed by atoms with van der Waals surface area (Å²) in [7, 11) is 0. The van der Waals surface area contributed by atoms with E-state index in [1.54, 1.807) is 0 Å². The summed E-state index contributed by atoms with van der Waals surface area (Å²) in [5.41, 5.74) is 1.24. The van der Waals surface area contributed by atoms with Crippen LogP contribution in [0.4, 0.5) is 0 Å². The molecule has 3 heteroatoms. The molecule has 2 nitrogen and oxygen atoms in total. The van der Waals surface area contributed by atoms with Gasteiger partial charge in [-0.2, -0.15) is 0 Å². The van der Waals surface area contributed by atoms with Crippen molar-refractivity contribution in [2.45, 2.75) is 25.6 Å². The minimum absolute atomic E-state index is 0.408. The van der Waals surface area contributed by atoms with Crippen molar-refractivity contribution >= 4 is 15.9 Å². The van der Waals surface area contributed by atoms with E-state index in [2.05, 4.69) is 45.5 Å². The molecule has 0 amide bonds. The fourth-order valence-electron chi connectivity index (χ4n) is 1.69. The molecule has 0 aliphatic carbocycles. The fraction of sp³-hybridized carbons (Fsp3) is 0.500. The Morgan fingerprint density at radius 3 is 2.53 bits per heavy atom.